The van der Waals surface area contributed by atoms with E-state index in [0.29, 0.717) is 11.5 Å². The van der Waals surface area contributed by atoms with Crippen molar-refractivity contribution in [1.82, 2.24) is 4.90 Å². The van der Waals surface area contributed by atoms with E-state index >= 15 is 0 Å². The molecule has 0 bridgehead atoms. The van der Waals surface area contributed by atoms with Crippen molar-refractivity contribution < 1.29 is 4.79 Å². The summed E-state index contributed by atoms with van der Waals surface area (Å²) in [5.41, 5.74) is 0. The monoisotopic (exact) mass is 212 g/mol. The smallest absolute Gasteiger partial charge is 0.232 e. The van der Waals surface area contributed by atoms with E-state index in [-0.39, 0.29) is 5.91 Å². The van der Waals surface area contributed by atoms with Crippen LogP contribution in [-0.4, -0.2) is 35.4 Å². The van der Waals surface area contributed by atoms with Crippen molar-refractivity contribution in [3.63, 3.8) is 0 Å². The van der Waals surface area contributed by atoms with Gasteiger partial charge >= 0.3 is 0 Å². The zero-order valence-corrected chi connectivity index (χ0v) is 9.35. The summed E-state index contributed by atoms with van der Waals surface area (Å²) >= 11 is 1.40. The molecule has 0 aliphatic carbocycles. The van der Waals surface area contributed by atoms with Gasteiger partial charge in [0.15, 0.2) is 0 Å². The molecule has 0 aromatic carbocycles. The summed E-state index contributed by atoms with van der Waals surface area (Å²) in [5, 5.41) is 8.33. The van der Waals surface area contributed by atoms with Gasteiger partial charge in [-0.1, -0.05) is 6.92 Å². The van der Waals surface area contributed by atoms with Crippen LogP contribution in [0.4, 0.5) is 0 Å². The molecule has 1 aliphatic heterocycles. The van der Waals surface area contributed by atoms with E-state index in [1.54, 1.807) is 0 Å². The highest BCUT2D eigenvalue weighted by Crippen LogP contribution is 2.16. The Bertz CT molecular complexity index is 229. The number of hydrogen-bond acceptors (Lipinski definition) is 3. The standard InChI is InChI=1S/C10H16N2OS/c1-9-2-5-12(6-3-9)10(13)8-14-7-4-11/h9H,2-3,5-8H2,1H3. The first-order valence-corrected chi connectivity index (χ1v) is 6.12. The Kier molecular flexibility index (Phi) is 4.81. The Labute approximate surface area is 89.5 Å². The van der Waals surface area contributed by atoms with E-state index in [1.165, 1.54) is 11.8 Å². The van der Waals surface area contributed by atoms with Crippen LogP contribution in [0.3, 0.4) is 0 Å². The maximum absolute atomic E-state index is 11.6. The summed E-state index contributed by atoms with van der Waals surface area (Å²) in [7, 11) is 0. The van der Waals surface area contributed by atoms with Crippen molar-refractivity contribution in [2.75, 3.05) is 24.6 Å². The van der Waals surface area contributed by atoms with Gasteiger partial charge in [0.2, 0.25) is 5.91 Å². The number of likely N-dealkylation sites (tertiary alicyclic amines) is 1. The normalized spacial score (nSPS) is 17.9. The number of carbonyl (C=O) groups excluding carboxylic acids is 1. The first kappa shape index (κ1) is 11.4. The second kappa shape index (κ2) is 5.92. The molecular weight excluding hydrogens is 196 g/mol. The molecule has 1 fully saturated rings. The van der Waals surface area contributed by atoms with E-state index in [1.807, 2.05) is 11.0 Å². The largest absolute Gasteiger partial charge is 0.342 e. The Hall–Kier alpha value is -0.690. The van der Waals surface area contributed by atoms with E-state index in [4.69, 9.17) is 5.26 Å². The number of piperidine rings is 1. The average Bonchev–Trinajstić information content (AvgIpc) is 2.19. The van der Waals surface area contributed by atoms with Crippen LogP contribution < -0.4 is 0 Å². The molecule has 14 heavy (non-hydrogen) atoms. The lowest BCUT2D eigenvalue weighted by Gasteiger charge is -2.30. The van der Waals surface area contributed by atoms with Crippen LogP contribution in [0.2, 0.25) is 0 Å². The molecule has 1 aliphatic rings. The molecule has 0 unspecified atom stereocenters. The van der Waals surface area contributed by atoms with Gasteiger partial charge in [-0.15, -0.1) is 11.8 Å². The maximum atomic E-state index is 11.6. The first-order chi connectivity index (χ1) is 6.74. The van der Waals surface area contributed by atoms with Crippen LogP contribution in [-0.2, 0) is 4.79 Å². The lowest BCUT2D eigenvalue weighted by Crippen LogP contribution is -2.38. The van der Waals surface area contributed by atoms with Gasteiger partial charge in [-0.05, 0) is 18.8 Å². The highest BCUT2D eigenvalue weighted by molar-refractivity contribution is 8.00. The number of carbonyl (C=O) groups is 1. The van der Waals surface area contributed by atoms with Gasteiger partial charge in [-0.3, -0.25) is 4.79 Å². The molecule has 0 atom stereocenters. The highest BCUT2D eigenvalue weighted by Gasteiger charge is 2.19. The molecule has 0 saturated carbocycles. The van der Waals surface area contributed by atoms with Crippen LogP contribution in [0.25, 0.3) is 0 Å². The predicted octanol–water partition coefficient (Wildman–Crippen LogP) is 1.50. The minimum absolute atomic E-state index is 0.192. The lowest BCUT2D eigenvalue weighted by molar-refractivity contribution is -0.129. The topological polar surface area (TPSA) is 44.1 Å². The Morgan fingerprint density at radius 2 is 2.21 bits per heavy atom. The van der Waals surface area contributed by atoms with Crippen molar-refractivity contribution in [2.24, 2.45) is 5.92 Å². The molecule has 0 aromatic heterocycles. The van der Waals surface area contributed by atoms with Crippen LogP contribution in [0, 0.1) is 17.2 Å². The average molecular weight is 212 g/mol. The van der Waals surface area contributed by atoms with E-state index < -0.39 is 0 Å². The second-order valence-electron chi connectivity index (χ2n) is 3.71. The minimum Gasteiger partial charge on any atom is -0.342 e. The summed E-state index contributed by atoms with van der Waals surface area (Å²) in [6.07, 6.45) is 2.24. The van der Waals surface area contributed by atoms with Crippen LogP contribution >= 0.6 is 11.8 Å². The Balaban J connectivity index is 2.21. The number of hydrogen-bond donors (Lipinski definition) is 0. The van der Waals surface area contributed by atoms with Crippen LogP contribution in [0.5, 0.6) is 0 Å². The molecule has 1 amide bonds. The van der Waals surface area contributed by atoms with E-state index in [0.717, 1.165) is 31.8 Å². The van der Waals surface area contributed by atoms with Crippen molar-refractivity contribution in [2.45, 2.75) is 19.8 Å². The molecule has 1 heterocycles. The number of nitrogens with zero attached hydrogens (tertiary/aromatic N) is 2. The van der Waals surface area contributed by atoms with Gasteiger partial charge in [0.05, 0.1) is 17.6 Å². The molecule has 1 rings (SSSR count). The molecule has 0 spiro atoms. The maximum Gasteiger partial charge on any atom is 0.232 e. The third-order valence-electron chi connectivity index (χ3n) is 2.53. The van der Waals surface area contributed by atoms with Gasteiger partial charge in [0.25, 0.3) is 0 Å². The fraction of sp³-hybridized carbons (Fsp3) is 0.800. The zero-order chi connectivity index (χ0) is 10.4. The number of rotatable bonds is 3. The number of nitriles is 1. The number of thioether (sulfide) groups is 1. The molecular formula is C10H16N2OS. The molecule has 0 N–H and O–H groups in total. The molecule has 3 nitrogen and oxygen atoms in total. The summed E-state index contributed by atoms with van der Waals surface area (Å²) in [6.45, 7) is 4.02. The fourth-order valence-electron chi connectivity index (χ4n) is 1.53. The fourth-order valence-corrected chi connectivity index (χ4v) is 2.08. The summed E-state index contributed by atoms with van der Waals surface area (Å²) in [5.74, 6) is 1.82. The SMILES string of the molecule is CC1CCN(C(=O)CSCC#N)CC1. The molecule has 1 saturated heterocycles. The van der Waals surface area contributed by atoms with Crippen LogP contribution in [0.15, 0.2) is 0 Å². The molecule has 0 radical (unpaired) electrons. The number of amides is 1. The van der Waals surface area contributed by atoms with Gasteiger partial charge in [0.1, 0.15) is 0 Å². The quantitative estimate of drug-likeness (QED) is 0.666. The van der Waals surface area contributed by atoms with Crippen molar-refractivity contribution >= 4 is 17.7 Å². The van der Waals surface area contributed by atoms with Gasteiger partial charge < -0.3 is 4.90 Å². The second-order valence-corrected chi connectivity index (χ2v) is 4.70. The summed E-state index contributed by atoms with van der Waals surface area (Å²) < 4.78 is 0. The Morgan fingerprint density at radius 1 is 1.57 bits per heavy atom. The highest BCUT2D eigenvalue weighted by atomic mass is 32.2. The first-order valence-electron chi connectivity index (χ1n) is 4.96. The van der Waals surface area contributed by atoms with E-state index in [2.05, 4.69) is 6.92 Å². The third-order valence-corrected chi connectivity index (χ3v) is 3.31. The van der Waals surface area contributed by atoms with Crippen molar-refractivity contribution in [1.29, 1.82) is 5.26 Å². The summed E-state index contributed by atoms with van der Waals surface area (Å²) in [6, 6.07) is 2.03. The molecule has 0 aromatic rings. The molecule has 4 heteroatoms. The van der Waals surface area contributed by atoms with Crippen molar-refractivity contribution in [3.8, 4) is 6.07 Å². The minimum atomic E-state index is 0.192. The summed E-state index contributed by atoms with van der Waals surface area (Å²) in [4.78, 5) is 13.5. The predicted molar refractivity (Wildman–Crippen MR) is 57.9 cm³/mol. The van der Waals surface area contributed by atoms with Gasteiger partial charge in [0, 0.05) is 13.1 Å². The Morgan fingerprint density at radius 3 is 2.79 bits per heavy atom. The van der Waals surface area contributed by atoms with Gasteiger partial charge in [-0.25, -0.2) is 0 Å². The zero-order valence-electron chi connectivity index (χ0n) is 8.53. The van der Waals surface area contributed by atoms with E-state index in [9.17, 15) is 4.79 Å². The van der Waals surface area contributed by atoms with Gasteiger partial charge in [-0.2, -0.15) is 5.26 Å². The van der Waals surface area contributed by atoms with Crippen LogP contribution in [0.1, 0.15) is 19.8 Å². The molecule has 78 valence electrons. The van der Waals surface area contributed by atoms with Crippen molar-refractivity contribution in [3.05, 3.63) is 0 Å². The lowest BCUT2D eigenvalue weighted by atomic mass is 9.99. The third kappa shape index (κ3) is 3.59.